The molecule has 0 atom stereocenters. The Morgan fingerprint density at radius 3 is 2.35 bits per heavy atom. The van der Waals surface area contributed by atoms with E-state index >= 15 is 0 Å². The highest BCUT2D eigenvalue weighted by molar-refractivity contribution is 5.65. The van der Waals surface area contributed by atoms with Crippen LogP contribution in [0.3, 0.4) is 0 Å². The standard InChI is InChI=1S/C15H18O2/c1-3-4-5-6-7-8-9-10-11-12-13-14-17-15(2)16/h3-6,9-12H,13-14H2,1-2H3/b4-3+,6-5+,10-9+,12-11+. The topological polar surface area (TPSA) is 26.3 Å². The molecule has 0 bridgehead atoms. The van der Waals surface area contributed by atoms with Gasteiger partial charge in [-0.1, -0.05) is 48.3 Å². The molecule has 0 saturated carbocycles. The number of hydrogen-bond donors (Lipinski definition) is 0. The quantitative estimate of drug-likeness (QED) is 0.314. The van der Waals surface area contributed by atoms with Gasteiger partial charge in [-0.15, -0.1) is 0 Å². The van der Waals surface area contributed by atoms with E-state index in [1.165, 1.54) is 6.92 Å². The molecule has 0 amide bonds. The van der Waals surface area contributed by atoms with Gasteiger partial charge < -0.3 is 4.74 Å². The second kappa shape index (κ2) is 12.1. The SMILES string of the molecule is C/C=C/C=C/C#C/C=C/C=C/CCOC(C)=O. The summed E-state index contributed by atoms with van der Waals surface area (Å²) in [4.78, 5) is 10.4. The summed E-state index contributed by atoms with van der Waals surface area (Å²) in [5, 5.41) is 0. The van der Waals surface area contributed by atoms with E-state index in [-0.39, 0.29) is 5.97 Å². The predicted molar refractivity (Wildman–Crippen MR) is 71.3 cm³/mol. The Morgan fingerprint density at radius 2 is 1.76 bits per heavy atom. The average molecular weight is 230 g/mol. The van der Waals surface area contributed by atoms with Crippen molar-refractivity contribution in [3.63, 3.8) is 0 Å². The van der Waals surface area contributed by atoms with Crippen LogP contribution in [0.2, 0.25) is 0 Å². The van der Waals surface area contributed by atoms with Crippen molar-refractivity contribution in [1.29, 1.82) is 0 Å². The molecule has 2 heteroatoms. The highest BCUT2D eigenvalue weighted by Crippen LogP contribution is 1.87. The van der Waals surface area contributed by atoms with Crippen molar-refractivity contribution in [3.05, 3.63) is 48.6 Å². The van der Waals surface area contributed by atoms with Gasteiger partial charge in [-0.2, -0.15) is 0 Å². The zero-order valence-corrected chi connectivity index (χ0v) is 10.3. The third-order valence-corrected chi connectivity index (χ3v) is 1.58. The molecule has 0 aliphatic heterocycles. The molecule has 0 aliphatic rings. The lowest BCUT2D eigenvalue weighted by atomic mass is 10.3. The third kappa shape index (κ3) is 14.0. The monoisotopic (exact) mass is 230 g/mol. The molecule has 2 nitrogen and oxygen atoms in total. The van der Waals surface area contributed by atoms with Gasteiger partial charge >= 0.3 is 5.97 Å². The molecule has 0 aromatic heterocycles. The largest absolute Gasteiger partial charge is 0.466 e. The van der Waals surface area contributed by atoms with Crippen molar-refractivity contribution < 1.29 is 9.53 Å². The maximum atomic E-state index is 10.4. The summed E-state index contributed by atoms with van der Waals surface area (Å²) in [6, 6.07) is 0. The van der Waals surface area contributed by atoms with Gasteiger partial charge in [0, 0.05) is 6.92 Å². The Labute approximate surface area is 103 Å². The molecule has 0 aliphatic carbocycles. The van der Waals surface area contributed by atoms with Crippen LogP contribution in [0.15, 0.2) is 48.6 Å². The van der Waals surface area contributed by atoms with Crippen LogP contribution in [0.5, 0.6) is 0 Å². The van der Waals surface area contributed by atoms with Crippen molar-refractivity contribution in [3.8, 4) is 11.8 Å². The fourth-order valence-electron chi connectivity index (χ4n) is 0.860. The Kier molecular flexibility index (Phi) is 10.6. The molecule has 0 radical (unpaired) electrons. The van der Waals surface area contributed by atoms with Gasteiger partial charge in [0.15, 0.2) is 0 Å². The van der Waals surface area contributed by atoms with Gasteiger partial charge in [0.2, 0.25) is 0 Å². The average Bonchev–Trinajstić information content (AvgIpc) is 2.30. The first-order chi connectivity index (χ1) is 8.27. The normalized spacial score (nSPS) is 11.4. The molecule has 0 unspecified atom stereocenters. The number of carbonyl (C=O) groups excluding carboxylic acids is 1. The first-order valence-corrected chi connectivity index (χ1v) is 5.51. The summed E-state index contributed by atoms with van der Waals surface area (Å²) in [6.45, 7) is 3.79. The summed E-state index contributed by atoms with van der Waals surface area (Å²) < 4.78 is 4.77. The molecule has 0 fully saturated rings. The smallest absolute Gasteiger partial charge is 0.302 e. The zero-order valence-electron chi connectivity index (χ0n) is 10.3. The highest BCUT2D eigenvalue weighted by atomic mass is 16.5. The van der Waals surface area contributed by atoms with Gasteiger partial charge in [-0.05, 0) is 25.5 Å². The van der Waals surface area contributed by atoms with Crippen LogP contribution in [0.4, 0.5) is 0 Å². The second-order valence-corrected chi connectivity index (χ2v) is 3.09. The Bertz CT molecular complexity index is 373. The van der Waals surface area contributed by atoms with E-state index in [2.05, 4.69) is 11.8 Å². The first-order valence-electron chi connectivity index (χ1n) is 5.51. The predicted octanol–water partition coefficient (Wildman–Crippen LogP) is 3.19. The Hall–Kier alpha value is -2.01. The van der Waals surface area contributed by atoms with E-state index < -0.39 is 0 Å². The van der Waals surface area contributed by atoms with Crippen LogP contribution < -0.4 is 0 Å². The molecule has 0 spiro atoms. The molecule has 0 aromatic rings. The van der Waals surface area contributed by atoms with Crippen LogP contribution >= 0.6 is 0 Å². The maximum absolute atomic E-state index is 10.4. The number of allylic oxidation sites excluding steroid dienone is 7. The Balaban J connectivity index is 3.65. The van der Waals surface area contributed by atoms with Crippen LogP contribution in [0, 0.1) is 11.8 Å². The minimum absolute atomic E-state index is 0.243. The molecule has 0 N–H and O–H groups in total. The van der Waals surface area contributed by atoms with Gasteiger partial charge in [0.05, 0.1) is 6.61 Å². The minimum atomic E-state index is -0.243. The van der Waals surface area contributed by atoms with Crippen molar-refractivity contribution >= 4 is 5.97 Å². The van der Waals surface area contributed by atoms with Crippen LogP contribution in [0.1, 0.15) is 20.3 Å². The number of rotatable bonds is 5. The molecular formula is C15H18O2. The van der Waals surface area contributed by atoms with Gasteiger partial charge in [0.1, 0.15) is 0 Å². The summed E-state index contributed by atoms with van der Waals surface area (Å²) in [7, 11) is 0. The third-order valence-electron chi connectivity index (χ3n) is 1.58. The van der Waals surface area contributed by atoms with Gasteiger partial charge in [0.25, 0.3) is 0 Å². The molecule has 0 rings (SSSR count). The van der Waals surface area contributed by atoms with E-state index in [1.54, 1.807) is 12.2 Å². The van der Waals surface area contributed by atoms with E-state index in [4.69, 9.17) is 4.74 Å². The molecule has 17 heavy (non-hydrogen) atoms. The van der Waals surface area contributed by atoms with Crippen molar-refractivity contribution in [2.45, 2.75) is 20.3 Å². The number of ether oxygens (including phenoxy) is 1. The van der Waals surface area contributed by atoms with E-state index in [9.17, 15) is 4.79 Å². The van der Waals surface area contributed by atoms with Crippen molar-refractivity contribution in [2.24, 2.45) is 0 Å². The molecular weight excluding hydrogens is 212 g/mol. The summed E-state index contributed by atoms with van der Waals surface area (Å²) >= 11 is 0. The van der Waals surface area contributed by atoms with Crippen LogP contribution in [0.25, 0.3) is 0 Å². The number of esters is 1. The Morgan fingerprint density at radius 1 is 1.12 bits per heavy atom. The fraction of sp³-hybridized carbons (Fsp3) is 0.267. The van der Waals surface area contributed by atoms with E-state index in [0.717, 1.165) is 6.42 Å². The van der Waals surface area contributed by atoms with Gasteiger partial charge in [-0.3, -0.25) is 4.79 Å². The highest BCUT2D eigenvalue weighted by Gasteiger charge is 1.87. The van der Waals surface area contributed by atoms with Crippen molar-refractivity contribution in [2.75, 3.05) is 6.61 Å². The summed E-state index contributed by atoms with van der Waals surface area (Å²) in [6.07, 6.45) is 15.7. The molecule has 0 saturated heterocycles. The first kappa shape index (κ1) is 15.0. The zero-order chi connectivity index (χ0) is 12.8. The lowest BCUT2D eigenvalue weighted by Gasteiger charge is -1.95. The number of hydrogen-bond acceptors (Lipinski definition) is 2. The van der Waals surface area contributed by atoms with Gasteiger partial charge in [-0.25, -0.2) is 0 Å². The maximum Gasteiger partial charge on any atom is 0.302 e. The lowest BCUT2D eigenvalue weighted by molar-refractivity contribution is -0.140. The lowest BCUT2D eigenvalue weighted by Crippen LogP contribution is -1.98. The minimum Gasteiger partial charge on any atom is -0.466 e. The molecule has 0 heterocycles. The van der Waals surface area contributed by atoms with Crippen LogP contribution in [-0.2, 0) is 9.53 Å². The van der Waals surface area contributed by atoms with E-state index in [1.807, 2.05) is 43.4 Å². The van der Waals surface area contributed by atoms with Crippen LogP contribution in [-0.4, -0.2) is 12.6 Å². The summed E-state index contributed by atoms with van der Waals surface area (Å²) in [5.74, 6) is 5.49. The van der Waals surface area contributed by atoms with Crippen molar-refractivity contribution in [1.82, 2.24) is 0 Å². The van der Waals surface area contributed by atoms with E-state index in [0.29, 0.717) is 6.61 Å². The number of carbonyl (C=O) groups is 1. The molecule has 0 aromatic carbocycles. The molecule has 90 valence electrons. The summed E-state index contributed by atoms with van der Waals surface area (Å²) in [5.41, 5.74) is 0. The second-order valence-electron chi connectivity index (χ2n) is 3.09. The fourth-order valence-corrected chi connectivity index (χ4v) is 0.860.